The molecule has 3 heterocycles. The molecule has 1 saturated heterocycles. The molecule has 1 aliphatic heterocycles. The van der Waals surface area contributed by atoms with Gasteiger partial charge in [-0.1, -0.05) is 30.3 Å². The fraction of sp³-hybridized carbons (Fsp3) is 0.525. The third kappa shape index (κ3) is 10.7. The number of para-hydroxylation sites is 1. The van der Waals surface area contributed by atoms with Crippen LogP contribution < -0.4 is 15.8 Å². The molecular formula is C40H55N7O5. The minimum atomic E-state index is -0.500. The zero-order valence-corrected chi connectivity index (χ0v) is 31.0. The number of rotatable bonds is 15. The van der Waals surface area contributed by atoms with Crippen molar-refractivity contribution in [2.75, 3.05) is 71.4 Å². The normalized spacial score (nSPS) is 18.8. The number of alkyl carbamates (subject to hydrolysis) is 1. The number of piperazine rings is 1. The lowest BCUT2D eigenvalue weighted by Gasteiger charge is -2.42. The van der Waals surface area contributed by atoms with E-state index in [-0.39, 0.29) is 0 Å². The van der Waals surface area contributed by atoms with E-state index in [2.05, 4.69) is 48.0 Å². The van der Waals surface area contributed by atoms with Gasteiger partial charge in [-0.2, -0.15) is 0 Å². The second-order valence-electron chi connectivity index (χ2n) is 14.8. The number of ether oxygens (including phenoxy) is 4. The van der Waals surface area contributed by atoms with Gasteiger partial charge in [0.15, 0.2) is 0 Å². The average molecular weight is 714 g/mol. The Kier molecular flexibility index (Phi) is 13.0. The summed E-state index contributed by atoms with van der Waals surface area (Å²) in [5, 5.41) is 3.60. The van der Waals surface area contributed by atoms with Crippen molar-refractivity contribution in [2.24, 2.45) is 5.92 Å². The topological polar surface area (TPSA) is 129 Å². The molecule has 52 heavy (non-hydrogen) atoms. The van der Waals surface area contributed by atoms with Crippen LogP contribution in [0, 0.1) is 5.92 Å². The van der Waals surface area contributed by atoms with Crippen LogP contribution in [0.2, 0.25) is 0 Å². The molecule has 0 spiro atoms. The number of carbonyl (C=O) groups excluding carboxylic acids is 1. The minimum absolute atomic E-state index is 0.416. The smallest absolute Gasteiger partial charge is 0.407 e. The summed E-state index contributed by atoms with van der Waals surface area (Å²) in [7, 11) is 0. The molecule has 1 aliphatic carbocycles. The minimum Gasteiger partial charge on any atom is -0.457 e. The van der Waals surface area contributed by atoms with Crippen LogP contribution in [0.25, 0.3) is 22.2 Å². The molecule has 0 radical (unpaired) electrons. The molecule has 3 N–H and O–H groups in total. The van der Waals surface area contributed by atoms with Gasteiger partial charge in [0.2, 0.25) is 0 Å². The zero-order chi connectivity index (χ0) is 36.3. The summed E-state index contributed by atoms with van der Waals surface area (Å²) in [5.74, 6) is 2.71. The highest BCUT2D eigenvalue weighted by Crippen LogP contribution is 2.36. The number of carbonyl (C=O) groups is 1. The Labute approximate surface area is 307 Å². The predicted octanol–water partition coefficient (Wildman–Crippen LogP) is 6.21. The van der Waals surface area contributed by atoms with E-state index in [0.717, 1.165) is 72.9 Å². The number of nitrogens with zero attached hydrogens (tertiary/aromatic N) is 5. The number of anilines is 1. The fourth-order valence-electron chi connectivity index (χ4n) is 7.21. The molecule has 0 bridgehead atoms. The number of benzene rings is 2. The standard InChI is InChI=1S/C40H55N7O5/c1-40(2,3)52-39(48)42-17-23-49-25-26-50-24-22-45-18-20-46(21-19-45)32-13-9-30(10-14-32)27-47-28-35(36-37(41)43-29-44-38(36)47)31-11-15-34(16-12-31)51-33-7-5-4-6-8-33/h4-8,11-12,15-16,28-30,32H,9-10,13-14,17-27H2,1-3H3,(H,42,48)(H2,41,43,44). The Hall–Kier alpha value is -4.23. The van der Waals surface area contributed by atoms with Crippen molar-refractivity contribution in [1.82, 2.24) is 29.7 Å². The van der Waals surface area contributed by atoms with Crippen LogP contribution in [-0.2, 0) is 20.8 Å². The molecule has 0 unspecified atom stereocenters. The number of amides is 1. The molecule has 1 saturated carbocycles. The van der Waals surface area contributed by atoms with Gasteiger partial charge in [0.25, 0.3) is 0 Å². The quantitative estimate of drug-likeness (QED) is 0.137. The van der Waals surface area contributed by atoms with Gasteiger partial charge in [-0.05, 0) is 82.2 Å². The van der Waals surface area contributed by atoms with Gasteiger partial charge in [0.1, 0.15) is 34.9 Å². The van der Waals surface area contributed by atoms with Gasteiger partial charge < -0.3 is 34.6 Å². The molecule has 280 valence electrons. The van der Waals surface area contributed by atoms with Gasteiger partial charge in [0.05, 0.1) is 31.8 Å². The van der Waals surface area contributed by atoms with Crippen LogP contribution in [0.5, 0.6) is 11.5 Å². The first-order chi connectivity index (χ1) is 25.2. The van der Waals surface area contributed by atoms with E-state index in [1.807, 2.05) is 63.2 Å². The van der Waals surface area contributed by atoms with Crippen LogP contribution in [0.4, 0.5) is 10.6 Å². The molecule has 12 heteroatoms. The summed E-state index contributed by atoms with van der Waals surface area (Å²) in [4.78, 5) is 25.9. The average Bonchev–Trinajstić information content (AvgIpc) is 3.51. The molecule has 0 atom stereocenters. The van der Waals surface area contributed by atoms with Crippen LogP contribution in [0.1, 0.15) is 46.5 Å². The van der Waals surface area contributed by atoms with E-state index >= 15 is 0 Å². The Morgan fingerprint density at radius 1 is 0.865 bits per heavy atom. The first-order valence-electron chi connectivity index (χ1n) is 18.7. The van der Waals surface area contributed by atoms with E-state index in [1.165, 1.54) is 25.7 Å². The molecule has 12 nitrogen and oxygen atoms in total. The zero-order valence-electron chi connectivity index (χ0n) is 31.0. The van der Waals surface area contributed by atoms with Crippen LogP contribution in [-0.4, -0.2) is 108 Å². The van der Waals surface area contributed by atoms with Crippen LogP contribution in [0.15, 0.2) is 67.1 Å². The predicted molar refractivity (Wildman–Crippen MR) is 204 cm³/mol. The number of aromatic nitrogens is 3. The van der Waals surface area contributed by atoms with Crippen molar-refractivity contribution < 1.29 is 23.7 Å². The van der Waals surface area contributed by atoms with E-state index < -0.39 is 11.7 Å². The monoisotopic (exact) mass is 713 g/mol. The molecule has 4 aromatic rings. The van der Waals surface area contributed by atoms with E-state index in [1.54, 1.807) is 6.33 Å². The second-order valence-corrected chi connectivity index (χ2v) is 14.8. The van der Waals surface area contributed by atoms with Crippen LogP contribution in [0.3, 0.4) is 0 Å². The summed E-state index contributed by atoms with van der Waals surface area (Å²) in [6.45, 7) is 14.4. The van der Waals surface area contributed by atoms with Crippen LogP contribution >= 0.6 is 0 Å². The number of nitrogens with one attached hydrogen (secondary N) is 1. The molecule has 2 aliphatic rings. The third-order valence-corrected chi connectivity index (χ3v) is 9.86. The fourth-order valence-corrected chi connectivity index (χ4v) is 7.21. The Morgan fingerprint density at radius 3 is 2.27 bits per heavy atom. The SMILES string of the molecule is CC(C)(C)OC(=O)NCCOCCOCCN1CCN(C2CCC(Cn3cc(-c4ccc(Oc5ccccc5)cc4)c4c(N)ncnc43)CC2)CC1. The van der Waals surface area contributed by atoms with E-state index in [9.17, 15) is 4.79 Å². The molecular weight excluding hydrogens is 658 g/mol. The maximum Gasteiger partial charge on any atom is 0.407 e. The van der Waals surface area contributed by atoms with Crippen molar-refractivity contribution >= 4 is 22.9 Å². The molecule has 1 amide bonds. The first-order valence-corrected chi connectivity index (χ1v) is 18.7. The first kappa shape index (κ1) is 37.5. The number of fused-ring (bicyclic) bond motifs is 1. The Balaban J connectivity index is 0.896. The van der Waals surface area contributed by atoms with Crippen molar-refractivity contribution in [3.63, 3.8) is 0 Å². The lowest BCUT2D eigenvalue weighted by molar-refractivity contribution is 0.0229. The van der Waals surface area contributed by atoms with Gasteiger partial charge in [-0.25, -0.2) is 14.8 Å². The molecule has 2 aromatic carbocycles. The number of nitrogen functional groups attached to an aromatic ring is 1. The molecule has 2 aromatic heterocycles. The maximum atomic E-state index is 11.7. The van der Waals surface area contributed by atoms with Gasteiger partial charge in [-0.15, -0.1) is 0 Å². The van der Waals surface area contributed by atoms with Crippen molar-refractivity contribution in [1.29, 1.82) is 0 Å². The van der Waals surface area contributed by atoms with E-state index in [4.69, 9.17) is 24.7 Å². The van der Waals surface area contributed by atoms with Crippen molar-refractivity contribution in [3.8, 4) is 22.6 Å². The summed E-state index contributed by atoms with van der Waals surface area (Å²) >= 11 is 0. The van der Waals surface area contributed by atoms with Gasteiger partial charge in [-0.3, -0.25) is 9.80 Å². The summed E-state index contributed by atoms with van der Waals surface area (Å²) in [6, 6.07) is 18.6. The van der Waals surface area contributed by atoms with Gasteiger partial charge >= 0.3 is 6.09 Å². The largest absolute Gasteiger partial charge is 0.457 e. The lowest BCUT2D eigenvalue weighted by atomic mass is 9.85. The van der Waals surface area contributed by atoms with Crippen molar-refractivity contribution in [3.05, 3.63) is 67.1 Å². The van der Waals surface area contributed by atoms with Crippen molar-refractivity contribution in [2.45, 2.75) is 64.6 Å². The molecule has 2 fully saturated rings. The maximum absolute atomic E-state index is 11.7. The van der Waals surface area contributed by atoms with Gasteiger partial charge in [0, 0.05) is 63.6 Å². The Bertz CT molecular complexity index is 1690. The third-order valence-electron chi connectivity index (χ3n) is 9.86. The number of hydrogen-bond acceptors (Lipinski definition) is 10. The summed E-state index contributed by atoms with van der Waals surface area (Å²) in [5.41, 5.74) is 8.95. The molecule has 6 rings (SSSR count). The number of hydrogen-bond donors (Lipinski definition) is 2. The highest BCUT2D eigenvalue weighted by Gasteiger charge is 2.29. The highest BCUT2D eigenvalue weighted by atomic mass is 16.6. The second kappa shape index (κ2) is 18.0. The summed E-state index contributed by atoms with van der Waals surface area (Å²) < 4.78 is 24.9. The Morgan fingerprint density at radius 2 is 1.56 bits per heavy atom. The number of nitrogens with two attached hydrogens (primary N) is 1. The summed E-state index contributed by atoms with van der Waals surface area (Å²) in [6.07, 6.45) is 8.23. The highest BCUT2D eigenvalue weighted by molar-refractivity contribution is 6.00. The van der Waals surface area contributed by atoms with E-state index in [0.29, 0.717) is 50.7 Å². The lowest BCUT2D eigenvalue weighted by Crippen LogP contribution is -2.51.